The number of likely N-dealkylation sites (tertiary alicyclic amines) is 1. The van der Waals surface area contributed by atoms with Crippen LogP contribution in [-0.4, -0.2) is 59.1 Å². The van der Waals surface area contributed by atoms with Crippen LogP contribution in [0.1, 0.15) is 25.7 Å². The van der Waals surface area contributed by atoms with Gasteiger partial charge in [-0.05, 0) is 39.3 Å². The van der Waals surface area contributed by atoms with Gasteiger partial charge >= 0.3 is 5.69 Å². The largest absolute Gasteiger partial charge is 0.361 e. The highest BCUT2D eigenvalue weighted by atomic mass is 16.6. The van der Waals surface area contributed by atoms with Gasteiger partial charge in [-0.1, -0.05) is 0 Å². The fourth-order valence-electron chi connectivity index (χ4n) is 2.82. The first-order chi connectivity index (χ1) is 10.5. The summed E-state index contributed by atoms with van der Waals surface area (Å²) in [5.74, 6) is 0.891. The normalized spacial score (nSPS) is 22.4. The Labute approximate surface area is 129 Å². The molecule has 3 rings (SSSR count). The molecule has 2 fully saturated rings. The molecule has 2 aliphatic rings. The minimum absolute atomic E-state index is 0.0511. The highest BCUT2D eigenvalue weighted by molar-refractivity contribution is 5.58. The Morgan fingerprint density at radius 1 is 1.45 bits per heavy atom. The third-order valence-electron chi connectivity index (χ3n) is 4.33. The molecule has 0 spiro atoms. The zero-order valence-corrected chi connectivity index (χ0v) is 13.0. The summed E-state index contributed by atoms with van der Waals surface area (Å²) < 4.78 is 0. The molecule has 1 aromatic heterocycles. The van der Waals surface area contributed by atoms with Crippen molar-refractivity contribution < 1.29 is 4.92 Å². The lowest BCUT2D eigenvalue weighted by molar-refractivity contribution is -0.384. The highest BCUT2D eigenvalue weighted by Crippen LogP contribution is 2.30. The quantitative estimate of drug-likeness (QED) is 0.651. The molecule has 8 heteroatoms. The van der Waals surface area contributed by atoms with E-state index in [2.05, 4.69) is 27.2 Å². The van der Waals surface area contributed by atoms with Gasteiger partial charge in [-0.25, -0.2) is 4.98 Å². The molecule has 1 atom stereocenters. The average Bonchev–Trinajstić information content (AvgIpc) is 3.30. The predicted octanol–water partition coefficient (Wildman–Crippen LogP) is 1.49. The smallest absolute Gasteiger partial charge is 0.329 e. The molecule has 1 aromatic rings. The van der Waals surface area contributed by atoms with Crippen molar-refractivity contribution in [3.05, 3.63) is 16.3 Å². The molecular weight excluding hydrogens is 284 g/mol. The Hall–Kier alpha value is -1.96. The lowest BCUT2D eigenvalue weighted by atomic mass is 10.1. The number of nitrogens with one attached hydrogen (secondary N) is 1. The van der Waals surface area contributed by atoms with Gasteiger partial charge in [0.25, 0.3) is 0 Å². The van der Waals surface area contributed by atoms with Crippen molar-refractivity contribution in [2.75, 3.05) is 37.4 Å². The van der Waals surface area contributed by atoms with Crippen molar-refractivity contribution in [1.82, 2.24) is 14.9 Å². The Bertz CT molecular complexity index is 562. The van der Waals surface area contributed by atoms with Crippen molar-refractivity contribution in [2.45, 2.75) is 37.8 Å². The second kappa shape index (κ2) is 6.04. The van der Waals surface area contributed by atoms with Crippen LogP contribution in [0.3, 0.4) is 0 Å². The first-order valence-corrected chi connectivity index (χ1v) is 7.74. The second-order valence-electron chi connectivity index (χ2n) is 6.25. The number of likely N-dealkylation sites (N-methyl/N-ethyl adjacent to an activating group) is 2. The van der Waals surface area contributed by atoms with Gasteiger partial charge < -0.3 is 15.1 Å². The summed E-state index contributed by atoms with van der Waals surface area (Å²) in [6.07, 6.45) is 5.63. The van der Waals surface area contributed by atoms with Gasteiger partial charge in [0, 0.05) is 25.7 Å². The summed E-state index contributed by atoms with van der Waals surface area (Å²) in [6.45, 7) is 2.07. The molecule has 2 heterocycles. The van der Waals surface area contributed by atoms with Crippen LogP contribution in [0.2, 0.25) is 0 Å². The number of anilines is 2. The number of piperidine rings is 1. The van der Waals surface area contributed by atoms with Crippen LogP contribution in [0.5, 0.6) is 0 Å². The van der Waals surface area contributed by atoms with E-state index in [1.165, 1.54) is 6.20 Å². The van der Waals surface area contributed by atoms with E-state index >= 15 is 0 Å². The molecular formula is C14H22N6O2. The van der Waals surface area contributed by atoms with E-state index in [-0.39, 0.29) is 5.69 Å². The lowest BCUT2D eigenvalue weighted by Crippen LogP contribution is -2.45. The monoisotopic (exact) mass is 306 g/mol. The fraction of sp³-hybridized carbons (Fsp3) is 0.714. The third-order valence-corrected chi connectivity index (χ3v) is 4.33. The number of nitrogens with zero attached hydrogens (tertiary/aromatic N) is 5. The average molecular weight is 306 g/mol. The van der Waals surface area contributed by atoms with Crippen molar-refractivity contribution in [3.8, 4) is 0 Å². The van der Waals surface area contributed by atoms with Crippen LogP contribution in [0, 0.1) is 10.1 Å². The summed E-state index contributed by atoms with van der Waals surface area (Å²) >= 11 is 0. The van der Waals surface area contributed by atoms with Crippen LogP contribution >= 0.6 is 0 Å². The molecule has 0 unspecified atom stereocenters. The van der Waals surface area contributed by atoms with Gasteiger partial charge in [-0.15, -0.1) is 0 Å². The molecule has 22 heavy (non-hydrogen) atoms. The zero-order chi connectivity index (χ0) is 15.7. The van der Waals surface area contributed by atoms with Gasteiger partial charge in [0.2, 0.25) is 11.8 Å². The van der Waals surface area contributed by atoms with Gasteiger partial charge in [0.05, 0.1) is 4.92 Å². The molecule has 0 amide bonds. The SMILES string of the molecule is CN1CCC[C@@H](N(C)c2ncc([N+](=O)[O-])c(NC3CC3)n2)C1. The van der Waals surface area contributed by atoms with E-state index in [1.54, 1.807) is 0 Å². The van der Waals surface area contributed by atoms with Crippen molar-refractivity contribution in [3.63, 3.8) is 0 Å². The maximum absolute atomic E-state index is 11.1. The molecule has 1 saturated carbocycles. The van der Waals surface area contributed by atoms with E-state index < -0.39 is 4.92 Å². The summed E-state index contributed by atoms with van der Waals surface area (Å²) in [6, 6.07) is 0.654. The summed E-state index contributed by atoms with van der Waals surface area (Å²) in [5, 5.41) is 14.3. The van der Waals surface area contributed by atoms with E-state index in [0.29, 0.717) is 23.8 Å². The Morgan fingerprint density at radius 2 is 2.23 bits per heavy atom. The minimum atomic E-state index is -0.428. The van der Waals surface area contributed by atoms with Gasteiger partial charge in [0.1, 0.15) is 6.20 Å². The van der Waals surface area contributed by atoms with Crippen molar-refractivity contribution in [1.29, 1.82) is 0 Å². The van der Waals surface area contributed by atoms with Crippen LogP contribution in [-0.2, 0) is 0 Å². The number of aromatic nitrogens is 2. The fourth-order valence-corrected chi connectivity index (χ4v) is 2.82. The first kappa shape index (κ1) is 15.0. The summed E-state index contributed by atoms with van der Waals surface area (Å²) in [7, 11) is 4.07. The standard InChI is InChI=1S/C14H22N6O2/c1-18-7-3-4-11(9-18)19(2)14-15-8-12(20(21)22)13(17-14)16-10-5-6-10/h8,10-11H,3-7,9H2,1-2H3,(H,15,16,17)/t11-/m1/s1. The van der Waals surface area contributed by atoms with Crippen LogP contribution in [0.25, 0.3) is 0 Å². The van der Waals surface area contributed by atoms with Crippen molar-refractivity contribution >= 4 is 17.5 Å². The molecule has 0 bridgehead atoms. The van der Waals surface area contributed by atoms with E-state index in [1.807, 2.05) is 11.9 Å². The summed E-state index contributed by atoms with van der Waals surface area (Å²) in [5.41, 5.74) is -0.0511. The number of hydrogen-bond donors (Lipinski definition) is 1. The zero-order valence-electron chi connectivity index (χ0n) is 13.0. The Balaban J connectivity index is 1.81. The van der Waals surface area contributed by atoms with Crippen molar-refractivity contribution in [2.24, 2.45) is 0 Å². The maximum atomic E-state index is 11.1. The Morgan fingerprint density at radius 3 is 2.86 bits per heavy atom. The van der Waals surface area contributed by atoms with E-state index in [0.717, 1.165) is 38.8 Å². The second-order valence-corrected chi connectivity index (χ2v) is 6.25. The molecule has 120 valence electrons. The number of nitro groups is 1. The molecule has 1 aliphatic heterocycles. The van der Waals surface area contributed by atoms with E-state index in [4.69, 9.17) is 0 Å². The van der Waals surface area contributed by atoms with E-state index in [9.17, 15) is 10.1 Å². The molecule has 0 aromatic carbocycles. The molecule has 8 nitrogen and oxygen atoms in total. The summed E-state index contributed by atoms with van der Waals surface area (Å²) in [4.78, 5) is 23.6. The van der Waals surface area contributed by atoms with Gasteiger partial charge in [0.15, 0.2) is 0 Å². The van der Waals surface area contributed by atoms with Crippen LogP contribution in [0.4, 0.5) is 17.5 Å². The predicted molar refractivity (Wildman–Crippen MR) is 84.3 cm³/mol. The third kappa shape index (κ3) is 3.27. The number of rotatable bonds is 5. The first-order valence-electron chi connectivity index (χ1n) is 7.74. The van der Waals surface area contributed by atoms with Crippen LogP contribution < -0.4 is 10.2 Å². The molecule has 1 saturated heterocycles. The highest BCUT2D eigenvalue weighted by Gasteiger charge is 2.28. The Kier molecular flexibility index (Phi) is 4.10. The molecule has 0 radical (unpaired) electrons. The van der Waals surface area contributed by atoms with Gasteiger partial charge in [-0.3, -0.25) is 10.1 Å². The molecule has 1 aliphatic carbocycles. The number of hydrogen-bond acceptors (Lipinski definition) is 7. The minimum Gasteiger partial charge on any atom is -0.361 e. The topological polar surface area (TPSA) is 87.4 Å². The van der Waals surface area contributed by atoms with Crippen LogP contribution in [0.15, 0.2) is 6.20 Å². The lowest BCUT2D eigenvalue weighted by Gasteiger charge is -2.35. The molecule has 1 N–H and O–H groups in total. The maximum Gasteiger partial charge on any atom is 0.329 e. The van der Waals surface area contributed by atoms with Gasteiger partial charge in [-0.2, -0.15) is 4.98 Å².